The van der Waals surface area contributed by atoms with Crippen molar-refractivity contribution in [2.24, 2.45) is 0 Å². The number of aryl methyl sites for hydroxylation is 1. The van der Waals surface area contributed by atoms with Crippen molar-refractivity contribution in [2.75, 3.05) is 40.4 Å². The molecule has 18 heavy (non-hydrogen) atoms. The minimum Gasteiger partial charge on any atom is -0.383 e. The van der Waals surface area contributed by atoms with Crippen LogP contribution < -0.4 is 5.32 Å². The molecule has 0 radical (unpaired) electrons. The topological polar surface area (TPSA) is 24.5 Å². The zero-order valence-corrected chi connectivity index (χ0v) is 13.1. The first-order valence-corrected chi connectivity index (χ1v) is 7.06. The molecule has 1 aromatic rings. The Hall–Kier alpha value is -0.420. The molecular formula is C14H23BrN2O. The fourth-order valence-electron chi connectivity index (χ4n) is 1.77. The lowest BCUT2D eigenvalue weighted by Crippen LogP contribution is -2.30. The van der Waals surface area contributed by atoms with Gasteiger partial charge in [0.2, 0.25) is 0 Å². The standard InChI is InChI=1S/C14H23BrN2O/c1-12-5-4-6-13(14(12)15)11-17(2)9-7-16-8-10-18-3/h4-6,16H,7-11H2,1-3H3. The number of nitrogens with zero attached hydrogens (tertiary/aromatic N) is 1. The fraction of sp³-hybridized carbons (Fsp3) is 0.571. The van der Waals surface area contributed by atoms with Crippen LogP contribution in [0.3, 0.4) is 0 Å². The van der Waals surface area contributed by atoms with E-state index in [2.05, 4.69) is 58.3 Å². The number of nitrogens with one attached hydrogen (secondary N) is 1. The molecule has 0 aromatic heterocycles. The van der Waals surface area contributed by atoms with E-state index in [0.29, 0.717) is 0 Å². The van der Waals surface area contributed by atoms with E-state index >= 15 is 0 Å². The lowest BCUT2D eigenvalue weighted by atomic mass is 10.1. The van der Waals surface area contributed by atoms with Gasteiger partial charge in [-0.25, -0.2) is 0 Å². The van der Waals surface area contributed by atoms with E-state index in [4.69, 9.17) is 4.74 Å². The number of halogens is 1. The van der Waals surface area contributed by atoms with Crippen molar-refractivity contribution in [3.63, 3.8) is 0 Å². The maximum Gasteiger partial charge on any atom is 0.0587 e. The van der Waals surface area contributed by atoms with Crippen molar-refractivity contribution < 1.29 is 4.74 Å². The van der Waals surface area contributed by atoms with Crippen LogP contribution in [0.15, 0.2) is 22.7 Å². The van der Waals surface area contributed by atoms with Gasteiger partial charge in [0.05, 0.1) is 6.61 Å². The predicted molar refractivity (Wildman–Crippen MR) is 80.0 cm³/mol. The number of hydrogen-bond donors (Lipinski definition) is 1. The van der Waals surface area contributed by atoms with E-state index in [9.17, 15) is 0 Å². The molecule has 1 aromatic carbocycles. The van der Waals surface area contributed by atoms with Crippen molar-refractivity contribution in [2.45, 2.75) is 13.5 Å². The SMILES string of the molecule is COCCNCCN(C)Cc1cccc(C)c1Br. The number of benzene rings is 1. The Morgan fingerprint density at radius 1 is 1.33 bits per heavy atom. The van der Waals surface area contributed by atoms with Crippen LogP contribution in [-0.2, 0) is 11.3 Å². The minimum absolute atomic E-state index is 0.771. The van der Waals surface area contributed by atoms with Crippen LogP contribution >= 0.6 is 15.9 Å². The number of rotatable bonds is 8. The summed E-state index contributed by atoms with van der Waals surface area (Å²) in [5.74, 6) is 0. The Morgan fingerprint density at radius 2 is 2.11 bits per heavy atom. The van der Waals surface area contributed by atoms with Gasteiger partial charge in [0, 0.05) is 37.8 Å². The summed E-state index contributed by atoms with van der Waals surface area (Å²) in [7, 11) is 3.87. The molecule has 0 fully saturated rings. The summed E-state index contributed by atoms with van der Waals surface area (Å²) in [5, 5.41) is 3.35. The predicted octanol–water partition coefficient (Wildman–Crippen LogP) is 2.43. The molecule has 0 aliphatic carbocycles. The monoisotopic (exact) mass is 314 g/mol. The summed E-state index contributed by atoms with van der Waals surface area (Å²) < 4.78 is 6.22. The molecular weight excluding hydrogens is 292 g/mol. The second kappa shape index (κ2) is 8.64. The molecule has 0 saturated carbocycles. The highest BCUT2D eigenvalue weighted by atomic mass is 79.9. The third-order valence-electron chi connectivity index (χ3n) is 2.87. The van der Waals surface area contributed by atoms with Crippen LogP contribution in [0, 0.1) is 6.92 Å². The Morgan fingerprint density at radius 3 is 2.83 bits per heavy atom. The molecule has 102 valence electrons. The highest BCUT2D eigenvalue weighted by Gasteiger charge is 2.05. The molecule has 0 unspecified atom stereocenters. The van der Waals surface area contributed by atoms with Gasteiger partial charge in [-0.15, -0.1) is 0 Å². The van der Waals surface area contributed by atoms with Crippen LogP contribution in [0.1, 0.15) is 11.1 Å². The first-order valence-electron chi connectivity index (χ1n) is 6.27. The molecule has 0 amide bonds. The number of methoxy groups -OCH3 is 1. The molecule has 0 heterocycles. The second-order valence-corrected chi connectivity index (χ2v) is 5.32. The van der Waals surface area contributed by atoms with Crippen LogP contribution in [-0.4, -0.2) is 45.3 Å². The van der Waals surface area contributed by atoms with Gasteiger partial charge in [0.1, 0.15) is 0 Å². The van der Waals surface area contributed by atoms with Gasteiger partial charge in [-0.2, -0.15) is 0 Å². The first-order chi connectivity index (χ1) is 8.65. The summed E-state index contributed by atoms with van der Waals surface area (Å²) >= 11 is 3.65. The molecule has 0 spiro atoms. The number of likely N-dealkylation sites (N-methyl/N-ethyl adjacent to an activating group) is 1. The molecule has 0 aliphatic heterocycles. The van der Waals surface area contributed by atoms with Crippen molar-refractivity contribution >= 4 is 15.9 Å². The quantitative estimate of drug-likeness (QED) is 0.746. The van der Waals surface area contributed by atoms with Gasteiger partial charge in [0.25, 0.3) is 0 Å². The summed E-state index contributed by atoms with van der Waals surface area (Å²) in [5.41, 5.74) is 2.63. The van der Waals surface area contributed by atoms with Gasteiger partial charge in [-0.05, 0) is 25.1 Å². The summed E-state index contributed by atoms with van der Waals surface area (Å²) in [6, 6.07) is 6.41. The fourth-order valence-corrected chi connectivity index (χ4v) is 2.16. The second-order valence-electron chi connectivity index (χ2n) is 4.53. The van der Waals surface area contributed by atoms with Gasteiger partial charge in [-0.1, -0.05) is 34.1 Å². The van der Waals surface area contributed by atoms with E-state index < -0.39 is 0 Å². The lowest BCUT2D eigenvalue weighted by Gasteiger charge is -2.18. The third kappa shape index (κ3) is 5.48. The molecule has 0 saturated heterocycles. The van der Waals surface area contributed by atoms with Crippen LogP contribution in [0.4, 0.5) is 0 Å². The zero-order chi connectivity index (χ0) is 13.4. The Labute approximate surface area is 119 Å². The highest BCUT2D eigenvalue weighted by molar-refractivity contribution is 9.10. The van der Waals surface area contributed by atoms with Crippen molar-refractivity contribution in [1.82, 2.24) is 10.2 Å². The van der Waals surface area contributed by atoms with E-state index in [1.54, 1.807) is 7.11 Å². The van der Waals surface area contributed by atoms with E-state index in [0.717, 1.165) is 32.8 Å². The summed E-state index contributed by atoms with van der Waals surface area (Å²) in [6.45, 7) is 6.80. The van der Waals surface area contributed by atoms with Crippen LogP contribution in [0.2, 0.25) is 0 Å². The zero-order valence-electron chi connectivity index (χ0n) is 11.5. The molecule has 1 rings (SSSR count). The first kappa shape index (κ1) is 15.6. The van der Waals surface area contributed by atoms with Crippen molar-refractivity contribution in [3.05, 3.63) is 33.8 Å². The van der Waals surface area contributed by atoms with Gasteiger partial charge < -0.3 is 15.0 Å². The Bertz CT molecular complexity index is 358. The highest BCUT2D eigenvalue weighted by Crippen LogP contribution is 2.21. The summed E-state index contributed by atoms with van der Waals surface area (Å²) in [4.78, 5) is 2.32. The smallest absolute Gasteiger partial charge is 0.0587 e. The average Bonchev–Trinajstić information content (AvgIpc) is 2.35. The van der Waals surface area contributed by atoms with Crippen molar-refractivity contribution in [3.8, 4) is 0 Å². The van der Waals surface area contributed by atoms with E-state index in [-0.39, 0.29) is 0 Å². The molecule has 1 N–H and O–H groups in total. The minimum atomic E-state index is 0.771. The van der Waals surface area contributed by atoms with Crippen LogP contribution in [0.25, 0.3) is 0 Å². The van der Waals surface area contributed by atoms with Gasteiger partial charge in [0.15, 0.2) is 0 Å². The summed E-state index contributed by atoms with van der Waals surface area (Å²) in [6.07, 6.45) is 0. The molecule has 0 atom stereocenters. The maximum atomic E-state index is 4.99. The Balaban J connectivity index is 2.31. The largest absolute Gasteiger partial charge is 0.383 e. The number of hydrogen-bond acceptors (Lipinski definition) is 3. The lowest BCUT2D eigenvalue weighted by molar-refractivity contribution is 0.197. The third-order valence-corrected chi connectivity index (χ3v) is 4.00. The molecule has 0 aliphatic rings. The van der Waals surface area contributed by atoms with Crippen LogP contribution in [0.5, 0.6) is 0 Å². The van der Waals surface area contributed by atoms with E-state index in [1.807, 2.05) is 0 Å². The van der Waals surface area contributed by atoms with Gasteiger partial charge in [-0.3, -0.25) is 0 Å². The van der Waals surface area contributed by atoms with Crippen molar-refractivity contribution in [1.29, 1.82) is 0 Å². The normalized spacial score (nSPS) is 11.2. The van der Waals surface area contributed by atoms with Gasteiger partial charge >= 0.3 is 0 Å². The molecule has 3 nitrogen and oxygen atoms in total. The molecule has 4 heteroatoms. The maximum absolute atomic E-state index is 4.99. The average molecular weight is 315 g/mol. The van der Waals surface area contributed by atoms with E-state index in [1.165, 1.54) is 15.6 Å². The number of ether oxygens (including phenoxy) is 1. The molecule has 0 bridgehead atoms. The Kier molecular flexibility index (Phi) is 7.51.